The molecule has 0 aliphatic carbocycles. The highest BCUT2D eigenvalue weighted by Gasteiger charge is 2.03. The Morgan fingerprint density at radius 2 is 2.00 bits per heavy atom. The van der Waals surface area contributed by atoms with E-state index in [9.17, 15) is 5.11 Å². The number of aryl methyl sites for hydroxylation is 1. The second-order valence-electron chi connectivity index (χ2n) is 4.88. The molecule has 0 radical (unpaired) electrons. The average molecular weight is 221 g/mol. The molecule has 2 N–H and O–H groups in total. The maximum Gasteiger partial charge on any atom is 0.115 e. The highest BCUT2D eigenvalue weighted by atomic mass is 16.3. The number of phenolic OH excluding ortho intramolecular Hbond substituents is 1. The van der Waals surface area contributed by atoms with Crippen molar-refractivity contribution in [2.24, 2.45) is 5.92 Å². The maximum atomic E-state index is 9.34. The van der Waals surface area contributed by atoms with E-state index in [2.05, 4.69) is 32.2 Å². The molecule has 0 aliphatic rings. The Morgan fingerprint density at radius 1 is 1.25 bits per heavy atom. The first kappa shape index (κ1) is 13.0. The van der Waals surface area contributed by atoms with Crippen molar-refractivity contribution in [2.75, 3.05) is 6.54 Å². The fourth-order valence-corrected chi connectivity index (χ4v) is 1.66. The summed E-state index contributed by atoms with van der Waals surface area (Å²) in [5, 5.41) is 12.8. The molecular formula is C14H23NO. The minimum absolute atomic E-state index is 0.366. The summed E-state index contributed by atoms with van der Waals surface area (Å²) in [4.78, 5) is 0. The van der Waals surface area contributed by atoms with Crippen molar-refractivity contribution in [1.82, 2.24) is 5.32 Å². The van der Waals surface area contributed by atoms with Gasteiger partial charge in [0.2, 0.25) is 0 Å². The van der Waals surface area contributed by atoms with Crippen LogP contribution in [0.25, 0.3) is 0 Å². The van der Waals surface area contributed by atoms with E-state index in [1.165, 1.54) is 5.56 Å². The Kier molecular flexibility index (Phi) is 5.33. The third kappa shape index (κ3) is 5.17. The van der Waals surface area contributed by atoms with Crippen LogP contribution in [0.15, 0.2) is 24.3 Å². The van der Waals surface area contributed by atoms with Crippen LogP contribution in [0, 0.1) is 5.92 Å². The molecule has 1 aromatic rings. The Bertz CT molecular complexity index is 309. The number of hydrogen-bond donors (Lipinski definition) is 2. The van der Waals surface area contributed by atoms with Crippen LogP contribution < -0.4 is 5.32 Å². The molecule has 0 spiro atoms. The number of hydrogen-bond acceptors (Lipinski definition) is 2. The fourth-order valence-electron chi connectivity index (χ4n) is 1.66. The summed E-state index contributed by atoms with van der Waals surface area (Å²) < 4.78 is 0. The van der Waals surface area contributed by atoms with Crippen molar-refractivity contribution in [2.45, 2.75) is 39.7 Å². The minimum atomic E-state index is 0.366. The zero-order valence-corrected chi connectivity index (χ0v) is 10.5. The highest BCUT2D eigenvalue weighted by Crippen LogP contribution is 2.14. The summed E-state index contributed by atoms with van der Waals surface area (Å²) in [6, 6.07) is 8.10. The Morgan fingerprint density at radius 3 is 2.62 bits per heavy atom. The van der Waals surface area contributed by atoms with Crippen molar-refractivity contribution in [3.63, 3.8) is 0 Å². The van der Waals surface area contributed by atoms with Crippen molar-refractivity contribution < 1.29 is 5.11 Å². The second-order valence-corrected chi connectivity index (χ2v) is 4.88. The van der Waals surface area contributed by atoms with Crippen LogP contribution in [0.5, 0.6) is 5.75 Å². The normalized spacial score (nSPS) is 13.0. The predicted molar refractivity (Wildman–Crippen MR) is 68.7 cm³/mol. The maximum absolute atomic E-state index is 9.34. The van der Waals surface area contributed by atoms with Crippen LogP contribution in [0.3, 0.4) is 0 Å². The molecular weight excluding hydrogens is 198 g/mol. The molecule has 0 amide bonds. The van der Waals surface area contributed by atoms with Gasteiger partial charge in [-0.05, 0) is 43.0 Å². The van der Waals surface area contributed by atoms with Gasteiger partial charge in [-0.25, -0.2) is 0 Å². The first-order chi connectivity index (χ1) is 7.58. The van der Waals surface area contributed by atoms with Gasteiger partial charge < -0.3 is 10.4 Å². The van der Waals surface area contributed by atoms with E-state index in [1.807, 2.05) is 12.1 Å². The molecule has 90 valence electrons. The lowest BCUT2D eigenvalue weighted by atomic mass is 10.0. The molecule has 1 atom stereocenters. The quantitative estimate of drug-likeness (QED) is 0.774. The third-order valence-electron chi connectivity index (χ3n) is 2.71. The first-order valence-corrected chi connectivity index (χ1v) is 6.09. The van der Waals surface area contributed by atoms with E-state index in [4.69, 9.17) is 0 Å². The van der Waals surface area contributed by atoms with E-state index >= 15 is 0 Å². The molecule has 1 aromatic carbocycles. The van der Waals surface area contributed by atoms with Gasteiger partial charge >= 0.3 is 0 Å². The van der Waals surface area contributed by atoms with E-state index in [0.29, 0.717) is 17.7 Å². The Balaban J connectivity index is 2.28. The number of benzene rings is 1. The van der Waals surface area contributed by atoms with Crippen LogP contribution in [0.2, 0.25) is 0 Å². The Hall–Kier alpha value is -1.02. The van der Waals surface area contributed by atoms with Crippen molar-refractivity contribution in [3.05, 3.63) is 29.8 Å². The summed E-state index contributed by atoms with van der Waals surface area (Å²) in [5.41, 5.74) is 1.22. The van der Waals surface area contributed by atoms with Crippen molar-refractivity contribution >= 4 is 0 Å². The van der Waals surface area contributed by atoms with Gasteiger partial charge in [0.15, 0.2) is 0 Å². The number of phenols is 1. The average Bonchev–Trinajstić information content (AvgIpc) is 2.23. The van der Waals surface area contributed by atoms with Crippen LogP contribution >= 0.6 is 0 Å². The zero-order chi connectivity index (χ0) is 12.0. The molecule has 1 rings (SSSR count). The minimum Gasteiger partial charge on any atom is -0.508 e. The molecule has 16 heavy (non-hydrogen) atoms. The van der Waals surface area contributed by atoms with Crippen LogP contribution in [-0.2, 0) is 6.42 Å². The van der Waals surface area contributed by atoms with E-state index in [-0.39, 0.29) is 0 Å². The van der Waals surface area contributed by atoms with Crippen molar-refractivity contribution in [1.29, 1.82) is 0 Å². The van der Waals surface area contributed by atoms with Crippen molar-refractivity contribution in [3.8, 4) is 5.75 Å². The van der Waals surface area contributed by atoms with Gasteiger partial charge in [-0.15, -0.1) is 0 Å². The molecule has 0 aromatic heterocycles. The van der Waals surface area contributed by atoms with Gasteiger partial charge in [0.1, 0.15) is 5.75 Å². The molecule has 0 fully saturated rings. The lowest BCUT2D eigenvalue weighted by Crippen LogP contribution is -2.28. The van der Waals surface area contributed by atoms with E-state index in [1.54, 1.807) is 6.07 Å². The molecule has 0 saturated carbocycles. The van der Waals surface area contributed by atoms with Crippen LogP contribution in [0.4, 0.5) is 0 Å². The van der Waals surface area contributed by atoms with Gasteiger partial charge in [0, 0.05) is 6.04 Å². The fraction of sp³-hybridized carbons (Fsp3) is 0.571. The van der Waals surface area contributed by atoms with Gasteiger partial charge in [-0.2, -0.15) is 0 Å². The summed E-state index contributed by atoms with van der Waals surface area (Å²) in [6.07, 6.45) is 2.19. The van der Waals surface area contributed by atoms with Gasteiger partial charge in [-0.1, -0.05) is 32.9 Å². The van der Waals surface area contributed by atoms with E-state index < -0.39 is 0 Å². The molecule has 0 saturated heterocycles. The second kappa shape index (κ2) is 6.54. The lowest BCUT2D eigenvalue weighted by molar-refractivity contribution is 0.452. The van der Waals surface area contributed by atoms with Gasteiger partial charge in [-0.3, -0.25) is 0 Å². The van der Waals surface area contributed by atoms with Gasteiger partial charge in [0.25, 0.3) is 0 Å². The standard InChI is InChI=1S/C14H23NO/c1-11(2)15-10-12(3)7-8-13-5-4-6-14(16)9-13/h4-6,9,11-12,15-16H,7-8,10H2,1-3H3. The van der Waals surface area contributed by atoms with Crippen LogP contribution in [0.1, 0.15) is 32.8 Å². The highest BCUT2D eigenvalue weighted by molar-refractivity contribution is 5.27. The van der Waals surface area contributed by atoms with E-state index in [0.717, 1.165) is 19.4 Å². The molecule has 1 unspecified atom stereocenters. The monoisotopic (exact) mass is 221 g/mol. The number of aromatic hydroxyl groups is 1. The predicted octanol–water partition coefficient (Wildman–Crippen LogP) is 2.96. The largest absolute Gasteiger partial charge is 0.508 e. The SMILES string of the molecule is CC(CCc1cccc(O)c1)CNC(C)C. The van der Waals surface area contributed by atoms with Crippen LogP contribution in [-0.4, -0.2) is 17.7 Å². The number of rotatable bonds is 6. The smallest absolute Gasteiger partial charge is 0.115 e. The topological polar surface area (TPSA) is 32.3 Å². The zero-order valence-electron chi connectivity index (χ0n) is 10.5. The summed E-state index contributed by atoms with van der Waals surface area (Å²) in [5.74, 6) is 1.04. The lowest BCUT2D eigenvalue weighted by Gasteiger charge is -2.14. The molecule has 0 bridgehead atoms. The Labute approximate surface area is 98.7 Å². The van der Waals surface area contributed by atoms with Gasteiger partial charge in [0.05, 0.1) is 0 Å². The summed E-state index contributed by atoms with van der Waals surface area (Å²) >= 11 is 0. The first-order valence-electron chi connectivity index (χ1n) is 6.09. The summed E-state index contributed by atoms with van der Waals surface area (Å²) in [6.45, 7) is 7.67. The molecule has 0 heterocycles. The summed E-state index contributed by atoms with van der Waals surface area (Å²) in [7, 11) is 0. The number of nitrogens with one attached hydrogen (secondary N) is 1. The molecule has 2 nitrogen and oxygen atoms in total. The molecule has 2 heteroatoms. The molecule has 0 aliphatic heterocycles. The third-order valence-corrected chi connectivity index (χ3v) is 2.71.